The molecule has 6 heteroatoms. The van der Waals surface area contributed by atoms with Crippen molar-refractivity contribution in [3.63, 3.8) is 0 Å². The van der Waals surface area contributed by atoms with Crippen molar-refractivity contribution in [2.45, 2.75) is 25.4 Å². The molecule has 0 radical (unpaired) electrons. The molecule has 1 fully saturated rings. The number of likely N-dealkylation sites (tertiary alicyclic amines) is 1. The maximum atomic E-state index is 11.8. The summed E-state index contributed by atoms with van der Waals surface area (Å²) in [7, 11) is 0. The number of hydrogen-bond donors (Lipinski definition) is 1. The Morgan fingerprint density at radius 3 is 3.13 bits per heavy atom. The Balaban J connectivity index is 1.96. The fourth-order valence-electron chi connectivity index (χ4n) is 1.90. The monoisotopic (exact) mass is 210 g/mol. The van der Waals surface area contributed by atoms with E-state index < -0.39 is 0 Å². The summed E-state index contributed by atoms with van der Waals surface area (Å²) in [6, 6.07) is -0.0129. The third kappa shape index (κ3) is 2.15. The van der Waals surface area contributed by atoms with E-state index in [9.17, 15) is 4.79 Å². The number of amides is 1. The van der Waals surface area contributed by atoms with Crippen LogP contribution in [0, 0.1) is 0 Å². The molecule has 1 atom stereocenters. The van der Waals surface area contributed by atoms with Crippen LogP contribution in [-0.4, -0.2) is 49.9 Å². The van der Waals surface area contributed by atoms with Crippen molar-refractivity contribution >= 4 is 5.91 Å². The molecule has 1 aromatic heterocycles. The summed E-state index contributed by atoms with van der Waals surface area (Å²) in [4.78, 5) is 17.3. The first-order valence-corrected chi connectivity index (χ1v) is 5.04. The highest BCUT2D eigenvalue weighted by Gasteiger charge is 2.27. The Morgan fingerprint density at radius 2 is 2.47 bits per heavy atom. The quantitative estimate of drug-likeness (QED) is 0.713. The molecular weight excluding hydrogens is 196 g/mol. The van der Waals surface area contributed by atoms with E-state index in [4.69, 9.17) is 5.11 Å². The summed E-state index contributed by atoms with van der Waals surface area (Å²) in [6.07, 6.45) is 4.77. The lowest BCUT2D eigenvalue weighted by Crippen LogP contribution is -2.39. The van der Waals surface area contributed by atoms with Gasteiger partial charge in [-0.1, -0.05) is 0 Å². The predicted molar refractivity (Wildman–Crippen MR) is 51.8 cm³/mol. The molecular formula is C9H14N4O2. The van der Waals surface area contributed by atoms with Gasteiger partial charge >= 0.3 is 0 Å². The predicted octanol–water partition coefficient (Wildman–Crippen LogP) is -0.739. The van der Waals surface area contributed by atoms with Crippen LogP contribution in [0.3, 0.4) is 0 Å². The third-order valence-corrected chi connectivity index (χ3v) is 2.67. The third-order valence-electron chi connectivity index (χ3n) is 2.67. The fraction of sp³-hybridized carbons (Fsp3) is 0.667. The van der Waals surface area contributed by atoms with Gasteiger partial charge in [0.15, 0.2) is 0 Å². The van der Waals surface area contributed by atoms with Crippen molar-refractivity contribution in [3.05, 3.63) is 12.7 Å². The second-order valence-electron chi connectivity index (χ2n) is 3.66. The summed E-state index contributed by atoms with van der Waals surface area (Å²) in [5.74, 6) is -0.00273. The first-order valence-electron chi connectivity index (χ1n) is 5.04. The lowest BCUT2D eigenvalue weighted by atomic mass is 10.2. The van der Waals surface area contributed by atoms with Gasteiger partial charge in [0.2, 0.25) is 5.91 Å². The normalized spacial score (nSPS) is 20.9. The van der Waals surface area contributed by atoms with Crippen LogP contribution in [-0.2, 0) is 11.3 Å². The highest BCUT2D eigenvalue weighted by Crippen LogP contribution is 2.16. The van der Waals surface area contributed by atoms with Gasteiger partial charge in [0.1, 0.15) is 19.2 Å². The highest BCUT2D eigenvalue weighted by atomic mass is 16.3. The van der Waals surface area contributed by atoms with E-state index >= 15 is 0 Å². The molecule has 0 aliphatic carbocycles. The lowest BCUT2D eigenvalue weighted by Gasteiger charge is -2.22. The van der Waals surface area contributed by atoms with Crippen LogP contribution in [0.2, 0.25) is 0 Å². The Morgan fingerprint density at radius 1 is 1.60 bits per heavy atom. The molecule has 1 N–H and O–H groups in total. The van der Waals surface area contributed by atoms with Crippen LogP contribution in [0.4, 0.5) is 0 Å². The van der Waals surface area contributed by atoms with E-state index in [1.54, 1.807) is 4.90 Å². The van der Waals surface area contributed by atoms with Gasteiger partial charge in [-0.3, -0.25) is 4.79 Å². The topological polar surface area (TPSA) is 71.2 Å². The number of hydrogen-bond acceptors (Lipinski definition) is 4. The largest absolute Gasteiger partial charge is 0.394 e. The average Bonchev–Trinajstić information content (AvgIpc) is 2.86. The van der Waals surface area contributed by atoms with E-state index in [-0.39, 0.29) is 25.1 Å². The number of aliphatic hydroxyl groups excluding tert-OH is 1. The van der Waals surface area contributed by atoms with Crippen molar-refractivity contribution in [3.8, 4) is 0 Å². The molecule has 82 valence electrons. The number of aromatic nitrogens is 3. The van der Waals surface area contributed by atoms with E-state index in [0.29, 0.717) is 0 Å². The SMILES string of the molecule is O=C(Cn1cncn1)N1CCC[C@@H]1CO. The molecule has 1 saturated heterocycles. The summed E-state index contributed by atoms with van der Waals surface area (Å²) >= 11 is 0. The maximum absolute atomic E-state index is 11.8. The standard InChI is InChI=1S/C9H14N4O2/c14-5-8-2-1-3-13(8)9(15)4-12-7-10-6-11-12/h6-8,14H,1-5H2/t8-/m1/s1. The second-order valence-corrected chi connectivity index (χ2v) is 3.66. The van der Waals surface area contributed by atoms with E-state index in [0.717, 1.165) is 19.4 Å². The lowest BCUT2D eigenvalue weighted by molar-refractivity contribution is -0.133. The Labute approximate surface area is 87.5 Å². The van der Waals surface area contributed by atoms with E-state index in [1.807, 2.05) is 0 Å². The summed E-state index contributed by atoms with van der Waals surface area (Å²) in [5, 5.41) is 13.0. The molecule has 6 nitrogen and oxygen atoms in total. The van der Waals surface area contributed by atoms with Gasteiger partial charge in [-0.25, -0.2) is 9.67 Å². The minimum Gasteiger partial charge on any atom is -0.394 e. The minimum absolute atomic E-state index is 0.00273. The zero-order chi connectivity index (χ0) is 10.7. The van der Waals surface area contributed by atoms with Gasteiger partial charge in [0, 0.05) is 6.54 Å². The molecule has 0 bridgehead atoms. The number of carbonyl (C=O) groups is 1. The van der Waals surface area contributed by atoms with Crippen LogP contribution < -0.4 is 0 Å². The van der Waals surface area contributed by atoms with Crippen molar-refractivity contribution in [2.75, 3.05) is 13.2 Å². The van der Waals surface area contributed by atoms with E-state index in [2.05, 4.69) is 10.1 Å². The van der Waals surface area contributed by atoms with Crippen LogP contribution in [0.1, 0.15) is 12.8 Å². The summed E-state index contributed by atoms with van der Waals surface area (Å²) in [6.45, 7) is 0.984. The number of nitrogens with zero attached hydrogens (tertiary/aromatic N) is 4. The first kappa shape index (κ1) is 10.1. The molecule has 1 amide bonds. The van der Waals surface area contributed by atoms with Crippen molar-refractivity contribution in [2.24, 2.45) is 0 Å². The Bertz CT molecular complexity index is 325. The average molecular weight is 210 g/mol. The first-order chi connectivity index (χ1) is 7.31. The van der Waals surface area contributed by atoms with Gasteiger partial charge in [0.25, 0.3) is 0 Å². The molecule has 2 rings (SSSR count). The van der Waals surface area contributed by atoms with Crippen LogP contribution >= 0.6 is 0 Å². The Hall–Kier alpha value is -1.43. The van der Waals surface area contributed by atoms with E-state index in [1.165, 1.54) is 17.3 Å². The summed E-state index contributed by atoms with van der Waals surface area (Å²) in [5.41, 5.74) is 0. The molecule has 2 heterocycles. The molecule has 1 aliphatic rings. The molecule has 0 saturated carbocycles. The van der Waals surface area contributed by atoms with Crippen molar-refractivity contribution < 1.29 is 9.90 Å². The van der Waals surface area contributed by atoms with Crippen LogP contribution in [0.25, 0.3) is 0 Å². The van der Waals surface area contributed by atoms with Gasteiger partial charge in [0.05, 0.1) is 12.6 Å². The van der Waals surface area contributed by atoms with Crippen LogP contribution in [0.5, 0.6) is 0 Å². The smallest absolute Gasteiger partial charge is 0.244 e. The molecule has 0 spiro atoms. The van der Waals surface area contributed by atoms with Crippen molar-refractivity contribution in [1.29, 1.82) is 0 Å². The number of aliphatic hydroxyl groups is 1. The minimum atomic E-state index is -0.0129. The molecule has 0 unspecified atom stereocenters. The fourth-order valence-corrected chi connectivity index (χ4v) is 1.90. The second kappa shape index (κ2) is 4.39. The van der Waals surface area contributed by atoms with Gasteiger partial charge in [-0.2, -0.15) is 5.10 Å². The Kier molecular flexibility index (Phi) is 2.96. The van der Waals surface area contributed by atoms with Gasteiger partial charge in [-0.05, 0) is 12.8 Å². The maximum Gasteiger partial charge on any atom is 0.244 e. The van der Waals surface area contributed by atoms with Gasteiger partial charge < -0.3 is 10.0 Å². The van der Waals surface area contributed by atoms with Gasteiger partial charge in [-0.15, -0.1) is 0 Å². The molecule has 0 aromatic carbocycles. The summed E-state index contributed by atoms with van der Waals surface area (Å²) < 4.78 is 1.50. The van der Waals surface area contributed by atoms with Crippen LogP contribution in [0.15, 0.2) is 12.7 Å². The number of carbonyl (C=O) groups excluding carboxylic acids is 1. The highest BCUT2D eigenvalue weighted by molar-refractivity contribution is 5.76. The zero-order valence-corrected chi connectivity index (χ0v) is 8.41. The van der Waals surface area contributed by atoms with Crippen molar-refractivity contribution in [1.82, 2.24) is 19.7 Å². The number of rotatable bonds is 3. The molecule has 15 heavy (non-hydrogen) atoms. The molecule has 1 aliphatic heterocycles. The zero-order valence-electron chi connectivity index (χ0n) is 8.41. The molecule has 1 aromatic rings.